The number of nitrogens with one attached hydrogen (secondary N) is 1. The van der Waals surface area contributed by atoms with Crippen LogP contribution in [0.15, 0.2) is 24.3 Å². The lowest BCUT2D eigenvalue weighted by Crippen LogP contribution is -2.38. The summed E-state index contributed by atoms with van der Waals surface area (Å²) in [5, 5.41) is 3.25. The summed E-state index contributed by atoms with van der Waals surface area (Å²) >= 11 is 0. The van der Waals surface area contributed by atoms with Gasteiger partial charge in [0.2, 0.25) is 0 Å². The summed E-state index contributed by atoms with van der Waals surface area (Å²) in [5.41, 5.74) is 1.21. The Balaban J connectivity index is 0.00000162. The molecular formula is C14H22ClFN2. The molecule has 1 unspecified atom stereocenters. The molecule has 0 radical (unpaired) electrons. The number of rotatable bonds is 4. The molecular weight excluding hydrogens is 251 g/mol. The minimum absolute atomic E-state index is 0. The van der Waals surface area contributed by atoms with Gasteiger partial charge >= 0.3 is 0 Å². The fourth-order valence-corrected chi connectivity index (χ4v) is 2.60. The topological polar surface area (TPSA) is 15.3 Å². The van der Waals surface area contributed by atoms with E-state index < -0.39 is 0 Å². The van der Waals surface area contributed by atoms with E-state index in [1.54, 1.807) is 12.1 Å². The second kappa shape index (κ2) is 7.72. The van der Waals surface area contributed by atoms with Gasteiger partial charge in [-0.15, -0.1) is 12.4 Å². The minimum atomic E-state index is -0.152. The van der Waals surface area contributed by atoms with Gasteiger partial charge in [-0.1, -0.05) is 12.1 Å². The molecule has 1 aliphatic rings. The van der Waals surface area contributed by atoms with E-state index in [1.165, 1.54) is 18.4 Å². The van der Waals surface area contributed by atoms with Crippen LogP contribution in [-0.2, 0) is 6.54 Å². The zero-order valence-corrected chi connectivity index (χ0v) is 11.7. The van der Waals surface area contributed by atoms with Gasteiger partial charge < -0.3 is 5.32 Å². The van der Waals surface area contributed by atoms with E-state index in [9.17, 15) is 4.39 Å². The maximum atomic E-state index is 12.8. The van der Waals surface area contributed by atoms with Crippen molar-refractivity contribution in [2.75, 3.05) is 26.7 Å². The number of benzene rings is 1. The molecule has 0 saturated carbocycles. The van der Waals surface area contributed by atoms with Crippen molar-refractivity contribution in [3.63, 3.8) is 0 Å². The maximum Gasteiger partial charge on any atom is 0.123 e. The highest BCUT2D eigenvalue weighted by molar-refractivity contribution is 5.85. The first-order chi connectivity index (χ1) is 8.28. The molecule has 1 aromatic carbocycles. The van der Waals surface area contributed by atoms with Gasteiger partial charge in [0.15, 0.2) is 0 Å². The second-order valence-corrected chi connectivity index (χ2v) is 4.93. The van der Waals surface area contributed by atoms with Crippen molar-refractivity contribution in [1.82, 2.24) is 10.2 Å². The second-order valence-electron chi connectivity index (χ2n) is 4.93. The minimum Gasteiger partial charge on any atom is -0.319 e. The molecule has 1 fully saturated rings. The van der Waals surface area contributed by atoms with Gasteiger partial charge in [0.05, 0.1) is 0 Å². The third-order valence-corrected chi connectivity index (χ3v) is 3.42. The Kier molecular flexibility index (Phi) is 6.61. The Hall–Kier alpha value is -0.640. The Labute approximate surface area is 115 Å². The molecule has 0 spiro atoms. The quantitative estimate of drug-likeness (QED) is 0.907. The van der Waals surface area contributed by atoms with Crippen LogP contribution in [0.5, 0.6) is 0 Å². The highest BCUT2D eigenvalue weighted by Crippen LogP contribution is 2.18. The van der Waals surface area contributed by atoms with E-state index in [0.717, 1.165) is 32.1 Å². The molecule has 1 heterocycles. The van der Waals surface area contributed by atoms with Crippen LogP contribution in [0.2, 0.25) is 0 Å². The lowest BCUT2D eigenvalue weighted by atomic mass is 9.97. The van der Waals surface area contributed by atoms with Gasteiger partial charge in [-0.2, -0.15) is 0 Å². The highest BCUT2D eigenvalue weighted by Gasteiger charge is 2.19. The lowest BCUT2D eigenvalue weighted by Gasteiger charge is -2.32. The number of likely N-dealkylation sites (tertiary alicyclic amines) is 1. The average Bonchev–Trinajstić information content (AvgIpc) is 2.33. The fraction of sp³-hybridized carbons (Fsp3) is 0.571. The SMILES string of the molecule is CNCC1CCCN(Cc2ccc(F)cc2)C1.Cl. The summed E-state index contributed by atoms with van der Waals surface area (Å²) in [5.74, 6) is 0.606. The van der Waals surface area contributed by atoms with Crippen LogP contribution in [0, 0.1) is 11.7 Å². The average molecular weight is 273 g/mol. The third kappa shape index (κ3) is 4.56. The smallest absolute Gasteiger partial charge is 0.123 e. The van der Waals surface area contributed by atoms with Crippen LogP contribution in [0.4, 0.5) is 4.39 Å². The molecule has 0 aromatic heterocycles. The fourth-order valence-electron chi connectivity index (χ4n) is 2.60. The third-order valence-electron chi connectivity index (χ3n) is 3.42. The molecule has 1 aliphatic heterocycles. The molecule has 0 aliphatic carbocycles. The summed E-state index contributed by atoms with van der Waals surface area (Å²) in [7, 11) is 2.01. The molecule has 102 valence electrons. The van der Waals surface area contributed by atoms with Gasteiger partial charge in [0, 0.05) is 13.1 Å². The molecule has 4 heteroatoms. The Morgan fingerprint density at radius 1 is 1.33 bits per heavy atom. The van der Waals surface area contributed by atoms with Gasteiger partial charge in [-0.25, -0.2) is 4.39 Å². The number of hydrogen-bond acceptors (Lipinski definition) is 2. The molecule has 1 saturated heterocycles. The van der Waals surface area contributed by atoms with Crippen molar-refractivity contribution in [3.8, 4) is 0 Å². The predicted octanol–water partition coefficient (Wildman–Crippen LogP) is 2.68. The first-order valence-electron chi connectivity index (χ1n) is 6.39. The zero-order valence-electron chi connectivity index (χ0n) is 10.9. The van der Waals surface area contributed by atoms with E-state index in [-0.39, 0.29) is 18.2 Å². The Morgan fingerprint density at radius 3 is 2.72 bits per heavy atom. The first-order valence-corrected chi connectivity index (χ1v) is 6.39. The molecule has 18 heavy (non-hydrogen) atoms. The molecule has 2 rings (SSSR count). The summed E-state index contributed by atoms with van der Waals surface area (Å²) < 4.78 is 12.8. The van der Waals surface area contributed by atoms with E-state index in [2.05, 4.69) is 10.2 Å². The Bertz CT molecular complexity index is 340. The maximum absolute atomic E-state index is 12.8. The van der Waals surface area contributed by atoms with Crippen LogP contribution in [-0.4, -0.2) is 31.6 Å². The van der Waals surface area contributed by atoms with Crippen LogP contribution in [0.25, 0.3) is 0 Å². The van der Waals surface area contributed by atoms with Crippen molar-refractivity contribution >= 4 is 12.4 Å². The summed E-state index contributed by atoms with van der Waals surface area (Å²) in [6, 6.07) is 6.86. The zero-order chi connectivity index (χ0) is 12.1. The summed E-state index contributed by atoms with van der Waals surface area (Å²) in [4.78, 5) is 2.47. The molecule has 1 atom stereocenters. The van der Waals surface area contributed by atoms with Crippen molar-refractivity contribution in [3.05, 3.63) is 35.6 Å². The molecule has 0 amide bonds. The summed E-state index contributed by atoms with van der Waals surface area (Å²) in [6.45, 7) is 4.36. The van der Waals surface area contributed by atoms with E-state index in [1.807, 2.05) is 19.2 Å². The predicted molar refractivity (Wildman–Crippen MR) is 75.6 cm³/mol. The Morgan fingerprint density at radius 2 is 2.06 bits per heavy atom. The number of piperidine rings is 1. The van der Waals surface area contributed by atoms with Crippen molar-refractivity contribution < 1.29 is 4.39 Å². The highest BCUT2D eigenvalue weighted by atomic mass is 35.5. The largest absolute Gasteiger partial charge is 0.319 e. The van der Waals surface area contributed by atoms with Crippen LogP contribution < -0.4 is 5.32 Å². The molecule has 2 nitrogen and oxygen atoms in total. The van der Waals surface area contributed by atoms with Gasteiger partial charge in [0.1, 0.15) is 5.82 Å². The van der Waals surface area contributed by atoms with Gasteiger partial charge in [0.25, 0.3) is 0 Å². The molecule has 0 bridgehead atoms. The van der Waals surface area contributed by atoms with Gasteiger partial charge in [-0.05, 0) is 56.6 Å². The number of nitrogens with zero attached hydrogens (tertiary/aromatic N) is 1. The van der Waals surface area contributed by atoms with E-state index >= 15 is 0 Å². The number of hydrogen-bond donors (Lipinski definition) is 1. The molecule has 1 N–H and O–H groups in total. The number of halogens is 2. The monoisotopic (exact) mass is 272 g/mol. The van der Waals surface area contributed by atoms with Crippen LogP contribution in [0.3, 0.4) is 0 Å². The first kappa shape index (κ1) is 15.4. The van der Waals surface area contributed by atoms with Crippen molar-refractivity contribution in [2.24, 2.45) is 5.92 Å². The normalized spacial score (nSPS) is 20.4. The van der Waals surface area contributed by atoms with Crippen molar-refractivity contribution in [1.29, 1.82) is 0 Å². The van der Waals surface area contributed by atoms with Crippen LogP contribution >= 0.6 is 12.4 Å². The summed E-state index contributed by atoms with van der Waals surface area (Å²) in [6.07, 6.45) is 2.59. The van der Waals surface area contributed by atoms with Gasteiger partial charge in [-0.3, -0.25) is 4.90 Å². The standard InChI is InChI=1S/C14H21FN2.ClH/c1-16-9-13-3-2-8-17(11-13)10-12-4-6-14(15)7-5-12;/h4-7,13,16H,2-3,8-11H2,1H3;1H. The van der Waals surface area contributed by atoms with Crippen molar-refractivity contribution in [2.45, 2.75) is 19.4 Å². The molecule has 1 aromatic rings. The van der Waals surface area contributed by atoms with E-state index in [4.69, 9.17) is 0 Å². The lowest BCUT2D eigenvalue weighted by molar-refractivity contribution is 0.167. The van der Waals surface area contributed by atoms with Crippen LogP contribution in [0.1, 0.15) is 18.4 Å². The van der Waals surface area contributed by atoms with E-state index in [0.29, 0.717) is 0 Å².